The number of benzene rings is 1. The minimum atomic E-state index is -3.54. The van der Waals surface area contributed by atoms with Crippen LogP contribution in [0.25, 0.3) is 0 Å². The van der Waals surface area contributed by atoms with E-state index in [2.05, 4.69) is 27.6 Å². The molecule has 0 radical (unpaired) electrons. The first-order valence-corrected chi connectivity index (χ1v) is 9.53. The summed E-state index contributed by atoms with van der Waals surface area (Å²) in [7, 11) is -2.07. The largest absolute Gasteiger partial charge is 0.495 e. The van der Waals surface area contributed by atoms with Gasteiger partial charge in [-0.2, -0.15) is 0 Å². The van der Waals surface area contributed by atoms with Crippen LogP contribution in [0.2, 0.25) is 0 Å². The zero-order valence-electron chi connectivity index (χ0n) is 12.4. The van der Waals surface area contributed by atoms with E-state index in [1.54, 1.807) is 18.2 Å². The van der Waals surface area contributed by atoms with Crippen molar-refractivity contribution in [3.05, 3.63) is 22.7 Å². The van der Waals surface area contributed by atoms with E-state index in [9.17, 15) is 8.42 Å². The summed E-state index contributed by atoms with van der Waals surface area (Å²) in [6.07, 6.45) is 4.57. The van der Waals surface area contributed by atoms with Gasteiger partial charge in [0.15, 0.2) is 0 Å². The number of nitrogens with one attached hydrogen (secondary N) is 1. The lowest BCUT2D eigenvalue weighted by Crippen LogP contribution is -2.31. The van der Waals surface area contributed by atoms with Crippen molar-refractivity contribution >= 4 is 26.0 Å². The topological polar surface area (TPSA) is 55.4 Å². The van der Waals surface area contributed by atoms with Gasteiger partial charge in [0.2, 0.25) is 10.0 Å². The van der Waals surface area contributed by atoms with Gasteiger partial charge < -0.3 is 4.74 Å². The molecule has 1 aliphatic rings. The van der Waals surface area contributed by atoms with Gasteiger partial charge in [-0.15, -0.1) is 0 Å². The molecule has 118 valence electrons. The van der Waals surface area contributed by atoms with E-state index in [-0.39, 0.29) is 4.90 Å². The van der Waals surface area contributed by atoms with Crippen molar-refractivity contribution in [2.75, 3.05) is 13.7 Å². The maximum atomic E-state index is 12.5. The van der Waals surface area contributed by atoms with E-state index in [1.807, 2.05) is 0 Å². The summed E-state index contributed by atoms with van der Waals surface area (Å²) in [4.78, 5) is 0.184. The molecule has 0 atom stereocenters. The van der Waals surface area contributed by atoms with E-state index in [4.69, 9.17) is 4.74 Å². The second kappa shape index (κ2) is 7.11. The Morgan fingerprint density at radius 3 is 2.57 bits per heavy atom. The minimum Gasteiger partial charge on any atom is -0.495 e. The lowest BCUT2D eigenvalue weighted by atomic mass is 9.83. The van der Waals surface area contributed by atoms with Crippen molar-refractivity contribution in [2.24, 2.45) is 11.8 Å². The minimum absolute atomic E-state index is 0.184. The summed E-state index contributed by atoms with van der Waals surface area (Å²) in [6, 6.07) is 4.99. The fourth-order valence-electron chi connectivity index (χ4n) is 2.70. The Bertz CT molecular complexity index is 581. The summed E-state index contributed by atoms with van der Waals surface area (Å²) in [5.41, 5.74) is 0. The Kier molecular flexibility index (Phi) is 5.68. The van der Waals surface area contributed by atoms with E-state index < -0.39 is 10.0 Å². The molecule has 0 saturated heterocycles. The smallest absolute Gasteiger partial charge is 0.244 e. The maximum Gasteiger partial charge on any atom is 0.244 e. The third kappa shape index (κ3) is 4.44. The average Bonchev–Trinajstić information content (AvgIpc) is 2.47. The number of halogens is 1. The predicted molar refractivity (Wildman–Crippen MR) is 87.0 cm³/mol. The van der Waals surface area contributed by atoms with Crippen molar-refractivity contribution in [3.63, 3.8) is 0 Å². The summed E-state index contributed by atoms with van der Waals surface area (Å²) < 4.78 is 33.5. The molecular weight excluding hydrogens is 354 g/mol. The van der Waals surface area contributed by atoms with Crippen LogP contribution in [-0.2, 0) is 10.0 Å². The predicted octanol–water partition coefficient (Wildman–Crippen LogP) is 3.56. The van der Waals surface area contributed by atoms with Crippen LogP contribution in [0, 0.1) is 11.8 Å². The van der Waals surface area contributed by atoms with Crippen molar-refractivity contribution in [3.8, 4) is 5.75 Å². The molecule has 4 nitrogen and oxygen atoms in total. The van der Waals surface area contributed by atoms with Gasteiger partial charge in [-0.05, 0) is 42.9 Å². The van der Waals surface area contributed by atoms with Crippen LogP contribution in [0.15, 0.2) is 27.6 Å². The highest BCUT2D eigenvalue weighted by molar-refractivity contribution is 9.10. The summed E-state index contributed by atoms with van der Waals surface area (Å²) in [5, 5.41) is 0. The molecule has 0 aromatic heterocycles. The lowest BCUT2D eigenvalue weighted by Gasteiger charge is -2.26. The second-order valence-corrected chi connectivity index (χ2v) is 8.42. The molecule has 0 bridgehead atoms. The molecule has 2 rings (SSSR count). The number of hydrogen-bond acceptors (Lipinski definition) is 3. The molecule has 0 heterocycles. The number of methoxy groups -OCH3 is 1. The van der Waals surface area contributed by atoms with Crippen molar-refractivity contribution in [2.45, 2.75) is 37.5 Å². The van der Waals surface area contributed by atoms with Gasteiger partial charge in [-0.25, -0.2) is 13.1 Å². The van der Waals surface area contributed by atoms with Crippen LogP contribution in [0.1, 0.15) is 32.6 Å². The molecule has 1 aromatic carbocycles. The maximum absolute atomic E-state index is 12.5. The monoisotopic (exact) mass is 375 g/mol. The van der Waals surface area contributed by atoms with Crippen LogP contribution in [-0.4, -0.2) is 22.1 Å². The zero-order chi connectivity index (χ0) is 15.5. The third-order valence-corrected chi connectivity index (χ3v) is 6.05. The van der Waals surface area contributed by atoms with Crippen LogP contribution >= 0.6 is 15.9 Å². The zero-order valence-corrected chi connectivity index (χ0v) is 14.8. The van der Waals surface area contributed by atoms with Gasteiger partial charge in [0.25, 0.3) is 0 Å². The summed E-state index contributed by atoms with van der Waals surface area (Å²) in [5.74, 6) is 1.57. The number of hydrogen-bond donors (Lipinski definition) is 1. The molecule has 6 heteroatoms. The van der Waals surface area contributed by atoms with Gasteiger partial charge in [0, 0.05) is 11.0 Å². The second-order valence-electron chi connectivity index (χ2n) is 5.77. The Hall–Kier alpha value is -0.590. The SMILES string of the molecule is COc1ccc(Br)cc1S(=O)(=O)NCC1CCC(C)CC1. The number of sulfonamides is 1. The molecule has 0 aliphatic heterocycles. The molecule has 0 unspecified atom stereocenters. The average molecular weight is 376 g/mol. The van der Waals surface area contributed by atoms with E-state index in [0.29, 0.717) is 18.2 Å². The van der Waals surface area contributed by atoms with Crippen molar-refractivity contribution in [1.82, 2.24) is 4.72 Å². The summed E-state index contributed by atoms with van der Waals surface area (Å²) >= 11 is 3.30. The van der Waals surface area contributed by atoms with Gasteiger partial charge >= 0.3 is 0 Å². The molecule has 1 saturated carbocycles. The number of rotatable bonds is 5. The lowest BCUT2D eigenvalue weighted by molar-refractivity contribution is 0.290. The van der Waals surface area contributed by atoms with Crippen LogP contribution in [0.4, 0.5) is 0 Å². The molecule has 1 fully saturated rings. The molecule has 0 spiro atoms. The van der Waals surface area contributed by atoms with E-state index in [1.165, 1.54) is 20.0 Å². The highest BCUT2D eigenvalue weighted by atomic mass is 79.9. The Morgan fingerprint density at radius 2 is 1.95 bits per heavy atom. The first kappa shape index (κ1) is 16.8. The summed E-state index contributed by atoms with van der Waals surface area (Å²) in [6.45, 7) is 2.76. The fraction of sp³-hybridized carbons (Fsp3) is 0.600. The normalized spacial score (nSPS) is 23.0. The Balaban J connectivity index is 2.06. The highest BCUT2D eigenvalue weighted by Crippen LogP contribution is 2.30. The van der Waals surface area contributed by atoms with Gasteiger partial charge in [0.1, 0.15) is 10.6 Å². The first-order chi connectivity index (χ1) is 9.92. The first-order valence-electron chi connectivity index (χ1n) is 7.25. The standard InChI is InChI=1S/C15H22BrNO3S/c1-11-3-5-12(6-4-11)10-17-21(18,19)15-9-13(16)7-8-14(15)20-2/h7-9,11-12,17H,3-6,10H2,1-2H3. The van der Waals surface area contributed by atoms with Gasteiger partial charge in [-0.3, -0.25) is 0 Å². The number of ether oxygens (including phenoxy) is 1. The molecule has 21 heavy (non-hydrogen) atoms. The Morgan fingerprint density at radius 1 is 1.29 bits per heavy atom. The quantitative estimate of drug-likeness (QED) is 0.855. The molecule has 1 N–H and O–H groups in total. The fourth-order valence-corrected chi connectivity index (χ4v) is 4.52. The third-order valence-electron chi connectivity index (χ3n) is 4.11. The molecule has 0 amide bonds. The Labute approximate surface area is 135 Å². The van der Waals surface area contributed by atoms with Crippen LogP contribution < -0.4 is 9.46 Å². The van der Waals surface area contributed by atoms with Crippen molar-refractivity contribution < 1.29 is 13.2 Å². The highest BCUT2D eigenvalue weighted by Gasteiger charge is 2.23. The van der Waals surface area contributed by atoms with E-state index in [0.717, 1.165) is 23.2 Å². The molecular formula is C15H22BrNO3S. The van der Waals surface area contributed by atoms with E-state index >= 15 is 0 Å². The van der Waals surface area contributed by atoms with Crippen molar-refractivity contribution in [1.29, 1.82) is 0 Å². The molecule has 1 aromatic rings. The van der Waals surface area contributed by atoms with Gasteiger partial charge in [-0.1, -0.05) is 35.7 Å². The van der Waals surface area contributed by atoms with Gasteiger partial charge in [0.05, 0.1) is 7.11 Å². The van der Waals surface area contributed by atoms with Crippen LogP contribution in [0.3, 0.4) is 0 Å². The molecule has 1 aliphatic carbocycles. The van der Waals surface area contributed by atoms with Crippen LogP contribution in [0.5, 0.6) is 5.75 Å².